The van der Waals surface area contributed by atoms with E-state index in [1.165, 1.54) is 110 Å². The number of aliphatic hydroxyl groups excluding tert-OH is 2. The van der Waals surface area contributed by atoms with Crippen LogP contribution in [0.25, 0.3) is 33.4 Å². The van der Waals surface area contributed by atoms with E-state index in [1.54, 1.807) is 6.07 Å². The van der Waals surface area contributed by atoms with Gasteiger partial charge in [0.15, 0.2) is 0 Å². The molecule has 0 bridgehead atoms. The Morgan fingerprint density at radius 1 is 0.435 bits per heavy atom. The molecule has 562 valence electrons. The topological polar surface area (TPSA) is 158 Å². The van der Waals surface area contributed by atoms with E-state index in [0.717, 1.165) is 164 Å². The van der Waals surface area contributed by atoms with Crippen molar-refractivity contribution in [3.63, 3.8) is 0 Å². The van der Waals surface area contributed by atoms with Crippen LogP contribution in [-0.4, -0.2) is 145 Å². The maximum absolute atomic E-state index is 11.6. The number of rotatable bonds is 26. The molecule has 3 heterocycles. The number of carbonyl (C=O) groups is 2. The summed E-state index contributed by atoms with van der Waals surface area (Å²) in [6, 6.07) is 84.4. The number of benzene rings is 9. The third-order valence-corrected chi connectivity index (χ3v) is 21.9. The number of piperazine rings is 2. The van der Waals surface area contributed by atoms with Crippen molar-refractivity contribution in [3.8, 4) is 5.75 Å². The third-order valence-electron chi connectivity index (χ3n) is 21.9. The van der Waals surface area contributed by atoms with Gasteiger partial charge in [0.2, 0.25) is 5.91 Å². The van der Waals surface area contributed by atoms with Crippen LogP contribution in [0.1, 0.15) is 166 Å². The molecule has 13 heteroatoms. The summed E-state index contributed by atoms with van der Waals surface area (Å²) in [5.41, 5.74) is 28.5. The first-order valence-electron chi connectivity index (χ1n) is 39.5. The number of phenolic OH excluding ortho intramolecular Hbond substituents is 1. The molecule has 14 rings (SSSR count). The van der Waals surface area contributed by atoms with Gasteiger partial charge in [-0.2, -0.15) is 0 Å². The monoisotopic (exact) mass is 1450 g/mol. The summed E-state index contributed by atoms with van der Waals surface area (Å²) in [6.45, 7) is 19.3. The Hall–Kier alpha value is -9.86. The van der Waals surface area contributed by atoms with Crippen LogP contribution in [0.3, 0.4) is 0 Å². The van der Waals surface area contributed by atoms with Crippen LogP contribution in [0.2, 0.25) is 0 Å². The first kappa shape index (κ1) is 77.7. The maximum Gasteiger partial charge on any atom is 0.302 e. The van der Waals surface area contributed by atoms with Gasteiger partial charge < -0.3 is 45.8 Å². The van der Waals surface area contributed by atoms with E-state index in [4.69, 9.17) is 10.5 Å². The molecule has 6 N–H and O–H groups in total. The highest BCUT2D eigenvalue weighted by atomic mass is 16.5. The summed E-state index contributed by atoms with van der Waals surface area (Å²) in [6.07, 6.45) is 12.5. The number of nitrogens with zero attached hydrogens (tertiary/aromatic N) is 5. The number of allylic oxidation sites excluding steroid dienone is 3. The molecule has 5 fully saturated rings. The Bertz CT molecular complexity index is 4400. The van der Waals surface area contributed by atoms with E-state index in [-0.39, 0.29) is 30.8 Å². The number of nitrogens with one attached hydrogen (secondary N) is 1. The van der Waals surface area contributed by atoms with Gasteiger partial charge in [0.25, 0.3) is 0 Å². The van der Waals surface area contributed by atoms with Crippen molar-refractivity contribution in [3.05, 3.63) is 292 Å². The number of anilines is 4. The lowest BCUT2D eigenvalue weighted by molar-refractivity contribution is -0.141. The number of para-hydroxylation sites is 1. The van der Waals surface area contributed by atoms with Gasteiger partial charge in [0, 0.05) is 126 Å². The summed E-state index contributed by atoms with van der Waals surface area (Å²) in [5.74, 6) is 0.583. The molecule has 13 nitrogen and oxygen atoms in total. The Balaban J connectivity index is 0.000000152. The van der Waals surface area contributed by atoms with Crippen LogP contribution in [-0.2, 0) is 14.3 Å². The minimum absolute atomic E-state index is 0.0903. The molecule has 0 spiro atoms. The van der Waals surface area contributed by atoms with Crippen molar-refractivity contribution in [1.82, 2.24) is 14.7 Å². The molecule has 2 aliphatic carbocycles. The van der Waals surface area contributed by atoms with Crippen LogP contribution in [0.5, 0.6) is 5.75 Å². The molecule has 3 aliphatic heterocycles. The van der Waals surface area contributed by atoms with Crippen molar-refractivity contribution in [2.24, 2.45) is 0 Å². The second-order valence-corrected chi connectivity index (χ2v) is 29.8. The standard InChI is InChI=1S/C34H39N3O3.C31H36N2O.C30H36N2O2/c1-25(38)35-30-14-10-28(11-15-30)34(33(9-6-24-40-26(2)39)27-7-4-3-5-8-27)29-12-16-31(17-13-29)36-20-22-37(23-21-36)32-18-19-32;32-28-14-12-27(13-15-28)31(30(7-4-22-34)25-5-2-1-3-6-25)26-10-8-23(9-11-26)24-18-20-33(21-19-24)29-16-17-29;1-23(2)31-18-20-32(21-19-31)26-16-14-25(15-17-26)30(28-11-6-7-13-29(28)34)27(12-8-22-33)24-9-4-3-5-10-24/h3-5,7-8,10-17,32H,6,9,18-24H2,1-2H3,(H,35,38);1-3,5-6,8-15,24,29,34H,4,7,16-22,32H2;3-7,9-11,13-17,23,33-34H,8,12,18-22H2,1-2H3/b34-33-;31-30+;30-27+. The molecule has 0 atom stereocenters. The largest absolute Gasteiger partial charge is 0.507 e. The number of aromatic hydroxyl groups is 1. The predicted molar refractivity (Wildman–Crippen MR) is 447 cm³/mol. The van der Waals surface area contributed by atoms with Gasteiger partial charge in [-0.1, -0.05) is 182 Å². The number of amides is 1. The number of hydrogen-bond acceptors (Lipinski definition) is 12. The number of esters is 1. The fourth-order valence-corrected chi connectivity index (χ4v) is 15.8. The summed E-state index contributed by atoms with van der Waals surface area (Å²) >= 11 is 0. The number of piperidine rings is 1. The Morgan fingerprint density at radius 2 is 0.824 bits per heavy atom. The number of nitrogens with two attached hydrogens (primary N) is 1. The summed E-state index contributed by atoms with van der Waals surface area (Å²) in [4.78, 5) is 35.8. The number of ether oxygens (including phenoxy) is 1. The van der Waals surface area contributed by atoms with Crippen molar-refractivity contribution in [2.75, 3.05) is 106 Å². The minimum Gasteiger partial charge on any atom is -0.507 e. The summed E-state index contributed by atoms with van der Waals surface area (Å²) in [5, 5.41) is 32.9. The van der Waals surface area contributed by atoms with Gasteiger partial charge in [-0.05, 0) is 248 Å². The molecule has 3 saturated heterocycles. The summed E-state index contributed by atoms with van der Waals surface area (Å²) in [7, 11) is 0. The number of likely N-dealkylation sites (tertiary alicyclic amines) is 1. The highest BCUT2D eigenvalue weighted by Crippen LogP contribution is 2.43. The van der Waals surface area contributed by atoms with Gasteiger partial charge in [0.05, 0.1) is 6.61 Å². The van der Waals surface area contributed by atoms with Gasteiger partial charge in [0.1, 0.15) is 5.75 Å². The molecule has 2 saturated carbocycles. The van der Waals surface area contributed by atoms with Crippen molar-refractivity contribution < 1.29 is 29.6 Å². The van der Waals surface area contributed by atoms with Crippen LogP contribution in [0.15, 0.2) is 237 Å². The fraction of sp³-hybridized carbons (Fsp3) is 0.347. The van der Waals surface area contributed by atoms with Crippen LogP contribution in [0.4, 0.5) is 22.7 Å². The lowest BCUT2D eigenvalue weighted by Crippen LogP contribution is -2.48. The normalized spacial score (nSPS) is 16.6. The van der Waals surface area contributed by atoms with E-state index >= 15 is 0 Å². The maximum atomic E-state index is 11.6. The van der Waals surface area contributed by atoms with Crippen LogP contribution < -0.4 is 20.9 Å². The first-order chi connectivity index (χ1) is 52.8. The second-order valence-electron chi connectivity index (χ2n) is 29.8. The molecular formula is C95H111N7O6. The summed E-state index contributed by atoms with van der Waals surface area (Å²) < 4.78 is 5.27. The number of hydrogen-bond donors (Lipinski definition) is 5. The van der Waals surface area contributed by atoms with E-state index in [9.17, 15) is 24.9 Å². The third kappa shape index (κ3) is 21.3. The highest BCUT2D eigenvalue weighted by Gasteiger charge is 2.33. The SMILES string of the molecule is CC(=O)Nc1ccc(/C(=C(\CCCOC(C)=O)c2ccccc2)c2ccc(N3CCN(C4CC4)CC3)cc2)cc1.CC(C)N1CCN(c2ccc(/C(=C(/CCCO)c3ccccc3)c3ccccc3O)cc2)CC1.Nc1ccc(/C(=C(\CCCO)c2ccccc2)c2ccc(C3CCN(C4CC4)CC3)cc2)cc1. The van der Waals surface area contributed by atoms with E-state index in [1.807, 2.05) is 66.7 Å². The fourth-order valence-electron chi connectivity index (χ4n) is 15.8. The lowest BCUT2D eigenvalue weighted by Gasteiger charge is -2.38. The molecule has 9 aromatic carbocycles. The van der Waals surface area contributed by atoms with Gasteiger partial charge in [-0.3, -0.25) is 19.4 Å². The van der Waals surface area contributed by atoms with E-state index in [0.29, 0.717) is 25.0 Å². The lowest BCUT2D eigenvalue weighted by atomic mass is 9.85. The Labute approximate surface area is 641 Å². The molecule has 0 aromatic heterocycles. The van der Waals surface area contributed by atoms with Crippen molar-refractivity contribution >= 4 is 68.1 Å². The van der Waals surface area contributed by atoms with Crippen LogP contribution >= 0.6 is 0 Å². The Kier molecular flexibility index (Phi) is 27.9. The van der Waals surface area contributed by atoms with Crippen molar-refractivity contribution in [1.29, 1.82) is 0 Å². The minimum atomic E-state index is -0.257. The molecule has 5 aliphatic rings. The van der Waals surface area contributed by atoms with E-state index in [2.05, 4.69) is 207 Å². The van der Waals surface area contributed by atoms with E-state index < -0.39 is 0 Å². The van der Waals surface area contributed by atoms with Crippen molar-refractivity contribution in [2.45, 2.75) is 129 Å². The molecular weight excluding hydrogens is 1340 g/mol. The number of phenols is 1. The average molecular weight is 1450 g/mol. The Morgan fingerprint density at radius 3 is 1.25 bits per heavy atom. The molecule has 0 radical (unpaired) electrons. The number of nitrogen functional groups attached to an aromatic ring is 1. The highest BCUT2D eigenvalue weighted by molar-refractivity contribution is 6.02. The predicted octanol–water partition coefficient (Wildman–Crippen LogP) is 18.2. The van der Waals surface area contributed by atoms with Crippen LogP contribution in [0, 0.1) is 0 Å². The molecule has 1 amide bonds. The van der Waals surface area contributed by atoms with Gasteiger partial charge >= 0.3 is 5.97 Å². The zero-order valence-electron chi connectivity index (χ0n) is 63.9. The zero-order valence-corrected chi connectivity index (χ0v) is 63.9. The smallest absolute Gasteiger partial charge is 0.302 e. The zero-order chi connectivity index (χ0) is 75.1. The number of aliphatic hydroxyl groups is 2. The van der Waals surface area contributed by atoms with Gasteiger partial charge in [-0.15, -0.1) is 0 Å². The quantitative estimate of drug-likeness (QED) is 0.0151. The molecule has 9 aromatic rings. The average Bonchev–Trinajstić information content (AvgIpc) is 1.35. The molecule has 108 heavy (non-hydrogen) atoms. The first-order valence-corrected chi connectivity index (χ1v) is 39.5. The number of carbonyl (C=O) groups excluding carboxylic acids is 2. The molecule has 0 unspecified atom stereocenters. The van der Waals surface area contributed by atoms with Gasteiger partial charge in [-0.25, -0.2) is 0 Å². The second kappa shape index (κ2) is 38.8.